The molecule has 0 aliphatic carbocycles. The first-order valence-electron chi connectivity index (χ1n) is 3.74. The Labute approximate surface area is 64.5 Å². The fourth-order valence-electron chi connectivity index (χ4n) is 1.52. The van der Waals surface area contributed by atoms with Gasteiger partial charge in [0, 0.05) is 24.3 Å². The molecule has 0 bridgehead atoms. The third-order valence-corrected chi connectivity index (χ3v) is 2.13. The van der Waals surface area contributed by atoms with Gasteiger partial charge in [-0.3, -0.25) is 4.79 Å². The summed E-state index contributed by atoms with van der Waals surface area (Å²) in [5.41, 5.74) is 6.79. The zero-order valence-corrected chi connectivity index (χ0v) is 6.16. The van der Waals surface area contributed by atoms with Crippen LogP contribution in [0.5, 0.6) is 0 Å². The first kappa shape index (κ1) is 6.61. The molecular weight excluding hydrogens is 140 g/mol. The molecule has 1 aliphatic rings. The maximum Gasteiger partial charge on any atom is 0.250 e. The lowest BCUT2D eigenvalue weighted by molar-refractivity contribution is 0.679. The minimum absolute atomic E-state index is 0.0592. The van der Waals surface area contributed by atoms with E-state index < -0.39 is 0 Å². The Morgan fingerprint density at radius 3 is 3.09 bits per heavy atom. The number of nitrogens with zero attached hydrogens (tertiary/aromatic N) is 1. The van der Waals surface area contributed by atoms with E-state index in [-0.39, 0.29) is 11.6 Å². The van der Waals surface area contributed by atoms with Gasteiger partial charge >= 0.3 is 0 Å². The van der Waals surface area contributed by atoms with Gasteiger partial charge in [0.25, 0.3) is 5.56 Å². The van der Waals surface area contributed by atoms with Crippen LogP contribution in [0.4, 0.5) is 0 Å². The molecule has 3 heteroatoms. The van der Waals surface area contributed by atoms with Gasteiger partial charge in [-0.2, -0.15) is 0 Å². The zero-order chi connectivity index (χ0) is 7.84. The van der Waals surface area contributed by atoms with Crippen molar-refractivity contribution >= 4 is 0 Å². The van der Waals surface area contributed by atoms with Crippen LogP contribution in [0, 0.1) is 0 Å². The minimum atomic E-state index is 0.0592. The third-order valence-electron chi connectivity index (χ3n) is 2.13. The summed E-state index contributed by atoms with van der Waals surface area (Å²) in [5.74, 6) is 0. The Morgan fingerprint density at radius 1 is 1.55 bits per heavy atom. The van der Waals surface area contributed by atoms with Crippen molar-refractivity contribution in [3.05, 3.63) is 34.2 Å². The summed E-state index contributed by atoms with van der Waals surface area (Å²) < 4.78 is 1.74. The molecule has 0 amide bonds. The number of rotatable bonds is 0. The van der Waals surface area contributed by atoms with Crippen molar-refractivity contribution in [2.24, 2.45) is 5.73 Å². The fraction of sp³-hybridized carbons (Fsp3) is 0.375. The Balaban J connectivity index is 2.66. The molecule has 0 aromatic carbocycles. The van der Waals surface area contributed by atoms with Crippen molar-refractivity contribution in [2.75, 3.05) is 0 Å². The van der Waals surface area contributed by atoms with E-state index in [0.29, 0.717) is 0 Å². The van der Waals surface area contributed by atoms with Gasteiger partial charge in [0.15, 0.2) is 0 Å². The molecule has 3 nitrogen and oxygen atoms in total. The van der Waals surface area contributed by atoms with Gasteiger partial charge in [-0.05, 0) is 12.5 Å². The average molecular weight is 150 g/mol. The highest BCUT2D eigenvalue weighted by Crippen LogP contribution is 2.19. The van der Waals surface area contributed by atoms with E-state index in [4.69, 9.17) is 5.73 Å². The van der Waals surface area contributed by atoms with Crippen LogP contribution in [0.2, 0.25) is 0 Å². The van der Waals surface area contributed by atoms with Crippen molar-refractivity contribution < 1.29 is 0 Å². The quantitative estimate of drug-likeness (QED) is 0.576. The third kappa shape index (κ3) is 0.886. The van der Waals surface area contributed by atoms with E-state index in [9.17, 15) is 4.79 Å². The van der Waals surface area contributed by atoms with Crippen LogP contribution in [0.1, 0.15) is 18.2 Å². The number of nitrogens with two attached hydrogens (primary N) is 1. The van der Waals surface area contributed by atoms with E-state index in [1.54, 1.807) is 16.7 Å². The lowest BCUT2D eigenvalue weighted by atomic mass is 10.2. The molecule has 1 aromatic rings. The molecule has 0 saturated carbocycles. The van der Waals surface area contributed by atoms with Gasteiger partial charge < -0.3 is 10.3 Å². The SMILES string of the molecule is NC1CCn2c1cccc2=O. The molecule has 1 atom stereocenters. The molecule has 0 saturated heterocycles. The molecule has 2 rings (SSSR count). The van der Waals surface area contributed by atoms with Crippen LogP contribution in [-0.2, 0) is 6.54 Å². The monoisotopic (exact) mass is 150 g/mol. The van der Waals surface area contributed by atoms with E-state index in [0.717, 1.165) is 18.7 Å². The van der Waals surface area contributed by atoms with Crippen LogP contribution < -0.4 is 11.3 Å². The first-order valence-corrected chi connectivity index (χ1v) is 3.74. The lowest BCUT2D eigenvalue weighted by Crippen LogP contribution is -2.18. The first-order chi connectivity index (χ1) is 5.29. The predicted octanol–water partition coefficient (Wildman–Crippen LogP) is 0.252. The second kappa shape index (κ2) is 2.20. The highest BCUT2D eigenvalue weighted by molar-refractivity contribution is 5.13. The van der Waals surface area contributed by atoms with Gasteiger partial charge in [-0.1, -0.05) is 6.07 Å². The summed E-state index contributed by atoms with van der Waals surface area (Å²) in [6, 6.07) is 5.31. The number of pyridine rings is 1. The molecule has 0 fully saturated rings. The summed E-state index contributed by atoms with van der Waals surface area (Å²) in [5, 5.41) is 0. The van der Waals surface area contributed by atoms with E-state index in [1.165, 1.54) is 0 Å². The topological polar surface area (TPSA) is 48.0 Å². The Morgan fingerprint density at radius 2 is 2.36 bits per heavy atom. The van der Waals surface area contributed by atoms with Gasteiger partial charge in [0.2, 0.25) is 0 Å². The normalized spacial score (nSPS) is 21.7. The van der Waals surface area contributed by atoms with Crippen LogP contribution >= 0.6 is 0 Å². The van der Waals surface area contributed by atoms with Crippen molar-refractivity contribution in [1.29, 1.82) is 0 Å². The maximum absolute atomic E-state index is 11.2. The van der Waals surface area contributed by atoms with Gasteiger partial charge in [0.05, 0.1) is 0 Å². The molecule has 0 spiro atoms. The van der Waals surface area contributed by atoms with Crippen molar-refractivity contribution in [2.45, 2.75) is 19.0 Å². The molecule has 58 valence electrons. The number of fused-ring (bicyclic) bond motifs is 1. The molecule has 2 heterocycles. The summed E-state index contributed by atoms with van der Waals surface area (Å²) >= 11 is 0. The summed E-state index contributed by atoms with van der Waals surface area (Å²) in [6.07, 6.45) is 0.888. The van der Waals surface area contributed by atoms with Crippen molar-refractivity contribution in [1.82, 2.24) is 4.57 Å². The smallest absolute Gasteiger partial charge is 0.250 e. The molecule has 1 aromatic heterocycles. The van der Waals surface area contributed by atoms with Crippen molar-refractivity contribution in [3.8, 4) is 0 Å². The maximum atomic E-state index is 11.2. The number of hydrogen-bond donors (Lipinski definition) is 1. The number of hydrogen-bond acceptors (Lipinski definition) is 2. The average Bonchev–Trinajstić information content (AvgIpc) is 2.35. The van der Waals surface area contributed by atoms with Crippen LogP contribution in [0.25, 0.3) is 0 Å². The van der Waals surface area contributed by atoms with E-state index in [1.807, 2.05) is 6.07 Å². The minimum Gasteiger partial charge on any atom is -0.323 e. The van der Waals surface area contributed by atoms with Crippen molar-refractivity contribution in [3.63, 3.8) is 0 Å². The molecule has 11 heavy (non-hydrogen) atoms. The standard InChI is InChI=1S/C8H10N2O/c9-6-4-5-10-7(6)2-1-3-8(10)11/h1-3,6H,4-5,9H2. The molecule has 0 radical (unpaired) electrons. The Kier molecular flexibility index (Phi) is 1.32. The highest BCUT2D eigenvalue weighted by Gasteiger charge is 2.18. The molecular formula is C8H10N2O. The Bertz CT molecular complexity index is 329. The number of aromatic nitrogens is 1. The van der Waals surface area contributed by atoms with Crippen LogP contribution in [0.15, 0.2) is 23.0 Å². The van der Waals surface area contributed by atoms with Gasteiger partial charge in [0.1, 0.15) is 0 Å². The summed E-state index contributed by atoms with van der Waals surface area (Å²) in [6.45, 7) is 0.774. The highest BCUT2D eigenvalue weighted by atomic mass is 16.1. The zero-order valence-electron chi connectivity index (χ0n) is 6.16. The molecule has 1 unspecified atom stereocenters. The van der Waals surface area contributed by atoms with Crippen LogP contribution in [-0.4, -0.2) is 4.57 Å². The Hall–Kier alpha value is -1.09. The lowest BCUT2D eigenvalue weighted by Gasteiger charge is -2.02. The fourth-order valence-corrected chi connectivity index (χ4v) is 1.52. The van der Waals surface area contributed by atoms with Gasteiger partial charge in [-0.15, -0.1) is 0 Å². The van der Waals surface area contributed by atoms with E-state index in [2.05, 4.69) is 0 Å². The summed E-state index contributed by atoms with van der Waals surface area (Å²) in [4.78, 5) is 11.2. The van der Waals surface area contributed by atoms with Crippen LogP contribution in [0.3, 0.4) is 0 Å². The molecule has 1 aliphatic heterocycles. The second-order valence-electron chi connectivity index (χ2n) is 2.84. The largest absolute Gasteiger partial charge is 0.323 e. The molecule has 2 N–H and O–H groups in total. The second-order valence-corrected chi connectivity index (χ2v) is 2.84. The van der Waals surface area contributed by atoms with Gasteiger partial charge in [-0.25, -0.2) is 0 Å². The van der Waals surface area contributed by atoms with E-state index >= 15 is 0 Å². The predicted molar refractivity (Wildman–Crippen MR) is 42.2 cm³/mol. The summed E-state index contributed by atoms with van der Waals surface area (Å²) in [7, 11) is 0.